The number of likely N-dealkylation sites (tertiary alicyclic amines) is 1. The van der Waals surface area contributed by atoms with Crippen molar-refractivity contribution in [2.24, 2.45) is 0 Å². The molecule has 1 fully saturated rings. The minimum Gasteiger partial charge on any atom is -0.470 e. The number of carbonyl (C=O) groups is 1. The molecule has 1 aromatic heterocycles. The summed E-state index contributed by atoms with van der Waals surface area (Å²) in [5, 5.41) is 11.4. The number of nitriles is 1. The molecule has 0 radical (unpaired) electrons. The summed E-state index contributed by atoms with van der Waals surface area (Å²) in [6.45, 7) is 0.226. The van der Waals surface area contributed by atoms with Gasteiger partial charge >= 0.3 is 0 Å². The van der Waals surface area contributed by atoms with E-state index in [0.717, 1.165) is 6.20 Å². The molecule has 8 heteroatoms. The molecule has 2 aliphatic heterocycles. The smallest absolute Gasteiger partial charge is 0.271 e. The number of pyridine rings is 1. The summed E-state index contributed by atoms with van der Waals surface area (Å²) >= 11 is 5.86. The first-order chi connectivity index (χ1) is 9.47. The minimum absolute atomic E-state index is 0.0123. The van der Waals surface area contributed by atoms with Gasteiger partial charge in [-0.3, -0.25) is 9.69 Å². The normalized spacial score (nSPS) is 28.7. The number of nitrogens with zero attached hydrogens (tertiary/aromatic N) is 3. The highest BCUT2D eigenvalue weighted by Crippen LogP contribution is 2.43. The number of rotatable bonds is 0. The summed E-state index contributed by atoms with van der Waals surface area (Å²) in [5.74, 6) is -1.02. The average Bonchev–Trinajstić information content (AvgIpc) is 2.74. The zero-order chi connectivity index (χ0) is 14.5. The van der Waals surface area contributed by atoms with Crippen molar-refractivity contribution in [3.8, 4) is 11.8 Å². The van der Waals surface area contributed by atoms with Crippen molar-refractivity contribution in [3.63, 3.8) is 0 Å². The van der Waals surface area contributed by atoms with Crippen molar-refractivity contribution < 1.29 is 13.9 Å². The topological polar surface area (TPSA) is 78.2 Å². The Kier molecular flexibility index (Phi) is 2.81. The fourth-order valence-corrected chi connectivity index (χ4v) is 2.70. The monoisotopic (exact) mass is 296 g/mol. The second kappa shape index (κ2) is 4.30. The Hall–Kier alpha value is -1.91. The van der Waals surface area contributed by atoms with Crippen molar-refractivity contribution in [2.45, 2.75) is 18.1 Å². The molecule has 1 saturated heterocycles. The van der Waals surface area contributed by atoms with E-state index in [4.69, 9.17) is 21.6 Å². The standard InChI is InChI=1S/C12H10ClFN4O2/c1-18-5-12(2-6(18)3-15)11(19)17-10-9(20-12)8(13)7(14)4-16-10/h4,6H,2,5H2,1H3,(H,16,17,19)/t6-,12+/m0/s1. The Morgan fingerprint density at radius 3 is 3.15 bits per heavy atom. The van der Waals surface area contributed by atoms with E-state index in [2.05, 4.69) is 16.4 Å². The van der Waals surface area contributed by atoms with Crippen LogP contribution in [0.5, 0.6) is 5.75 Å². The number of hydrogen-bond donors (Lipinski definition) is 1. The molecule has 0 saturated carbocycles. The first-order valence-electron chi connectivity index (χ1n) is 5.91. The molecule has 0 aromatic carbocycles. The highest BCUT2D eigenvalue weighted by molar-refractivity contribution is 6.32. The van der Waals surface area contributed by atoms with Crippen LogP contribution in [0.15, 0.2) is 6.20 Å². The predicted octanol–water partition coefficient (Wildman–Crippen LogP) is 1.17. The number of nitrogens with one attached hydrogen (secondary N) is 1. The molecule has 104 valence electrons. The van der Waals surface area contributed by atoms with Gasteiger partial charge in [0.1, 0.15) is 11.1 Å². The lowest BCUT2D eigenvalue weighted by atomic mass is 9.97. The van der Waals surface area contributed by atoms with Gasteiger partial charge in [0.25, 0.3) is 5.91 Å². The molecule has 0 unspecified atom stereocenters. The van der Waals surface area contributed by atoms with Gasteiger partial charge in [-0.15, -0.1) is 0 Å². The van der Waals surface area contributed by atoms with Crippen LogP contribution < -0.4 is 10.1 Å². The molecule has 1 N–H and O–H groups in total. The molecule has 1 aromatic rings. The van der Waals surface area contributed by atoms with Crippen LogP contribution in [0.3, 0.4) is 0 Å². The molecule has 2 atom stereocenters. The Bertz CT molecular complexity index is 647. The molecule has 3 rings (SSSR count). The summed E-state index contributed by atoms with van der Waals surface area (Å²) in [7, 11) is 1.72. The van der Waals surface area contributed by atoms with E-state index in [1.807, 2.05) is 0 Å². The van der Waals surface area contributed by atoms with E-state index in [-0.39, 0.29) is 29.6 Å². The molecule has 0 aliphatic carbocycles. The van der Waals surface area contributed by atoms with Crippen molar-refractivity contribution in [2.75, 3.05) is 18.9 Å². The van der Waals surface area contributed by atoms with Gasteiger partial charge in [-0.25, -0.2) is 9.37 Å². The third-order valence-electron chi connectivity index (χ3n) is 3.58. The summed E-state index contributed by atoms with van der Waals surface area (Å²) in [6.07, 6.45) is 1.11. The van der Waals surface area contributed by atoms with Crippen LogP contribution in [0.4, 0.5) is 10.2 Å². The SMILES string of the molecule is CN1C[C@@]2(C[C@H]1C#N)Oc1c(ncc(F)c1Cl)NC2=O. The molecule has 2 aliphatic rings. The van der Waals surface area contributed by atoms with Crippen molar-refractivity contribution in [1.82, 2.24) is 9.88 Å². The number of ether oxygens (including phenoxy) is 1. The van der Waals surface area contributed by atoms with E-state index < -0.39 is 23.4 Å². The minimum atomic E-state index is -1.23. The fourth-order valence-electron chi connectivity index (χ4n) is 2.52. The van der Waals surface area contributed by atoms with Gasteiger partial charge in [0, 0.05) is 13.0 Å². The summed E-state index contributed by atoms with van der Waals surface area (Å²) in [4.78, 5) is 17.7. The van der Waals surface area contributed by atoms with Gasteiger partial charge in [-0.1, -0.05) is 11.6 Å². The Morgan fingerprint density at radius 1 is 1.75 bits per heavy atom. The van der Waals surface area contributed by atoms with Crippen LogP contribution in [-0.4, -0.2) is 41.0 Å². The highest BCUT2D eigenvalue weighted by Gasteiger charge is 2.53. The number of halogens is 2. The molecule has 6 nitrogen and oxygen atoms in total. The van der Waals surface area contributed by atoms with Gasteiger partial charge in [0.2, 0.25) is 5.60 Å². The summed E-state index contributed by atoms with van der Waals surface area (Å²) in [6, 6.07) is 1.66. The largest absolute Gasteiger partial charge is 0.470 e. The predicted molar refractivity (Wildman–Crippen MR) is 67.8 cm³/mol. The molecular formula is C12H10ClFN4O2. The van der Waals surface area contributed by atoms with Crippen molar-refractivity contribution >= 4 is 23.3 Å². The molecular weight excluding hydrogens is 287 g/mol. The quantitative estimate of drug-likeness (QED) is 0.777. The first kappa shape index (κ1) is 13.1. The Labute approximate surface area is 119 Å². The second-order valence-corrected chi connectivity index (χ2v) is 5.29. The molecule has 20 heavy (non-hydrogen) atoms. The van der Waals surface area contributed by atoms with Crippen molar-refractivity contribution in [3.05, 3.63) is 17.0 Å². The fraction of sp³-hybridized carbons (Fsp3) is 0.417. The van der Waals surface area contributed by atoms with Crippen LogP contribution >= 0.6 is 11.6 Å². The number of amides is 1. The zero-order valence-corrected chi connectivity index (χ0v) is 11.2. The van der Waals surface area contributed by atoms with Gasteiger partial charge in [-0.2, -0.15) is 5.26 Å². The molecule has 1 amide bonds. The summed E-state index contributed by atoms with van der Waals surface area (Å²) in [5.41, 5.74) is -1.23. The molecule has 3 heterocycles. The van der Waals surface area contributed by atoms with E-state index >= 15 is 0 Å². The lowest BCUT2D eigenvalue weighted by Gasteiger charge is -2.33. The third-order valence-corrected chi connectivity index (χ3v) is 3.94. The number of aromatic nitrogens is 1. The zero-order valence-electron chi connectivity index (χ0n) is 10.5. The Balaban J connectivity index is 2.03. The van der Waals surface area contributed by atoms with Crippen LogP contribution in [0.1, 0.15) is 6.42 Å². The average molecular weight is 297 g/mol. The van der Waals surface area contributed by atoms with E-state index in [9.17, 15) is 9.18 Å². The van der Waals surface area contributed by atoms with Gasteiger partial charge in [-0.05, 0) is 7.05 Å². The maximum atomic E-state index is 13.4. The second-order valence-electron chi connectivity index (χ2n) is 4.91. The van der Waals surface area contributed by atoms with Gasteiger partial charge < -0.3 is 10.1 Å². The lowest BCUT2D eigenvalue weighted by Crippen LogP contribution is -2.52. The first-order valence-corrected chi connectivity index (χ1v) is 6.29. The van der Waals surface area contributed by atoms with Crippen LogP contribution in [-0.2, 0) is 4.79 Å². The Morgan fingerprint density at radius 2 is 2.50 bits per heavy atom. The van der Waals surface area contributed by atoms with E-state index in [0.29, 0.717) is 0 Å². The number of carbonyl (C=O) groups excluding carboxylic acids is 1. The lowest BCUT2D eigenvalue weighted by molar-refractivity contribution is -0.131. The molecule has 0 bridgehead atoms. The number of hydrogen-bond acceptors (Lipinski definition) is 5. The van der Waals surface area contributed by atoms with Crippen LogP contribution in [0, 0.1) is 17.1 Å². The van der Waals surface area contributed by atoms with Gasteiger partial charge in [0.05, 0.1) is 12.3 Å². The molecule has 1 spiro atoms. The number of anilines is 1. The highest BCUT2D eigenvalue weighted by atomic mass is 35.5. The van der Waals surface area contributed by atoms with Crippen molar-refractivity contribution in [1.29, 1.82) is 5.26 Å². The summed E-state index contributed by atoms with van der Waals surface area (Å²) < 4.78 is 19.1. The van der Waals surface area contributed by atoms with E-state index in [1.165, 1.54) is 0 Å². The van der Waals surface area contributed by atoms with Gasteiger partial charge in [0.15, 0.2) is 17.4 Å². The van der Waals surface area contributed by atoms with E-state index in [1.54, 1.807) is 11.9 Å². The van der Waals surface area contributed by atoms with Crippen LogP contribution in [0.25, 0.3) is 0 Å². The van der Waals surface area contributed by atoms with Crippen LogP contribution in [0.2, 0.25) is 5.02 Å². The third kappa shape index (κ3) is 1.72. The number of fused-ring (bicyclic) bond motifs is 1. The maximum absolute atomic E-state index is 13.4. The maximum Gasteiger partial charge on any atom is 0.271 e. The number of likely N-dealkylation sites (N-methyl/N-ethyl adjacent to an activating group) is 1.